The summed E-state index contributed by atoms with van der Waals surface area (Å²) >= 11 is 5.31. The van der Waals surface area contributed by atoms with Crippen molar-refractivity contribution in [1.82, 2.24) is 5.32 Å². The van der Waals surface area contributed by atoms with Crippen molar-refractivity contribution in [3.8, 4) is 0 Å². The zero-order chi connectivity index (χ0) is 17.0. The molecule has 4 nitrogen and oxygen atoms in total. The van der Waals surface area contributed by atoms with E-state index in [1.54, 1.807) is 24.3 Å². The molecule has 2 N–H and O–H groups in total. The van der Waals surface area contributed by atoms with E-state index in [4.69, 9.17) is 12.2 Å². The number of hydrogen-bond acceptors (Lipinski definition) is 3. The van der Waals surface area contributed by atoms with Crippen LogP contribution in [0.4, 0.5) is 5.69 Å². The maximum absolute atomic E-state index is 11.5. The predicted molar refractivity (Wildman–Crippen MR) is 98.5 cm³/mol. The summed E-state index contributed by atoms with van der Waals surface area (Å²) in [6.45, 7) is 4.00. The van der Waals surface area contributed by atoms with Gasteiger partial charge in [0, 0.05) is 11.9 Å². The van der Waals surface area contributed by atoms with Gasteiger partial charge in [0.15, 0.2) is 14.9 Å². The molecule has 0 aliphatic heterocycles. The fourth-order valence-electron chi connectivity index (χ4n) is 2.09. The van der Waals surface area contributed by atoms with Crippen LogP contribution in [0.2, 0.25) is 0 Å². The number of benzene rings is 2. The Morgan fingerprint density at radius 1 is 1.04 bits per heavy atom. The molecule has 2 aromatic carbocycles. The Hall–Kier alpha value is -1.92. The quantitative estimate of drug-likeness (QED) is 0.829. The van der Waals surface area contributed by atoms with Crippen molar-refractivity contribution in [2.75, 3.05) is 11.6 Å². The second-order valence-electron chi connectivity index (χ2n) is 5.53. The van der Waals surface area contributed by atoms with Crippen molar-refractivity contribution in [1.29, 1.82) is 0 Å². The van der Waals surface area contributed by atoms with Crippen molar-refractivity contribution in [2.24, 2.45) is 0 Å². The fourth-order valence-corrected chi connectivity index (χ4v) is 3.01. The summed E-state index contributed by atoms with van der Waals surface area (Å²) in [5.41, 5.74) is 3.08. The van der Waals surface area contributed by atoms with Gasteiger partial charge in [-0.15, -0.1) is 0 Å². The van der Waals surface area contributed by atoms with Gasteiger partial charge >= 0.3 is 0 Å². The average Bonchev–Trinajstić information content (AvgIpc) is 2.49. The van der Waals surface area contributed by atoms with E-state index in [1.165, 1.54) is 11.8 Å². The van der Waals surface area contributed by atoms with Crippen LogP contribution < -0.4 is 10.6 Å². The summed E-state index contributed by atoms with van der Waals surface area (Å²) in [4.78, 5) is 0.314. The maximum Gasteiger partial charge on any atom is 0.175 e. The summed E-state index contributed by atoms with van der Waals surface area (Å²) < 4.78 is 22.9. The molecule has 6 heteroatoms. The Labute approximate surface area is 142 Å². The van der Waals surface area contributed by atoms with Crippen molar-refractivity contribution in [3.63, 3.8) is 0 Å². The Morgan fingerprint density at radius 2 is 1.61 bits per heavy atom. The number of rotatable bonds is 4. The summed E-state index contributed by atoms with van der Waals surface area (Å²) in [7, 11) is -3.17. The first-order valence-electron chi connectivity index (χ1n) is 7.20. The largest absolute Gasteiger partial charge is 0.356 e. The van der Waals surface area contributed by atoms with E-state index in [2.05, 4.69) is 10.6 Å². The number of nitrogens with one attached hydrogen (secondary N) is 2. The topological polar surface area (TPSA) is 58.2 Å². The first kappa shape index (κ1) is 17.4. The molecule has 1 unspecified atom stereocenters. The third-order valence-corrected chi connectivity index (χ3v) is 4.81. The molecular weight excluding hydrogens is 328 g/mol. The molecule has 0 amide bonds. The monoisotopic (exact) mass is 348 g/mol. The van der Waals surface area contributed by atoms with Crippen LogP contribution in [0.5, 0.6) is 0 Å². The Morgan fingerprint density at radius 3 is 2.13 bits per heavy atom. The molecule has 23 heavy (non-hydrogen) atoms. The van der Waals surface area contributed by atoms with Gasteiger partial charge in [0.05, 0.1) is 10.9 Å². The van der Waals surface area contributed by atoms with Crippen LogP contribution >= 0.6 is 12.2 Å². The molecule has 1 atom stereocenters. The number of thiocarbonyl (C=S) groups is 1. The molecule has 0 heterocycles. The van der Waals surface area contributed by atoms with Crippen molar-refractivity contribution in [3.05, 3.63) is 59.7 Å². The molecule has 0 bridgehead atoms. The standard InChI is InChI=1S/C17H20N2O2S2/c1-12-4-8-15(9-5-12)19-17(22)18-13(2)14-6-10-16(11-7-14)23(3,20)21/h4-11,13H,1-3H3,(H2,18,19,22). The Bertz CT molecular complexity index is 782. The van der Waals surface area contributed by atoms with Crippen molar-refractivity contribution in [2.45, 2.75) is 24.8 Å². The SMILES string of the molecule is Cc1ccc(NC(=S)NC(C)c2ccc(S(C)(=O)=O)cc2)cc1. The van der Waals surface area contributed by atoms with Crippen molar-refractivity contribution >= 4 is 32.9 Å². The molecular formula is C17H20N2O2S2. The smallest absolute Gasteiger partial charge is 0.175 e. The van der Waals surface area contributed by atoms with E-state index in [1.807, 2.05) is 38.1 Å². The van der Waals surface area contributed by atoms with E-state index < -0.39 is 9.84 Å². The van der Waals surface area contributed by atoms with Crippen LogP contribution in [-0.4, -0.2) is 19.8 Å². The molecule has 0 aliphatic rings. The lowest BCUT2D eigenvalue weighted by molar-refractivity contribution is 0.601. The third kappa shape index (κ3) is 5.04. The second kappa shape index (κ2) is 7.10. The molecule has 0 saturated carbocycles. The number of hydrogen-bond donors (Lipinski definition) is 2. The van der Waals surface area contributed by atoms with E-state index >= 15 is 0 Å². The number of aryl methyl sites for hydroxylation is 1. The Balaban J connectivity index is 1.99. The van der Waals surface area contributed by atoms with Crippen LogP contribution in [0.25, 0.3) is 0 Å². The zero-order valence-corrected chi connectivity index (χ0v) is 15.0. The van der Waals surface area contributed by atoms with Gasteiger partial charge in [-0.25, -0.2) is 8.42 Å². The lowest BCUT2D eigenvalue weighted by Gasteiger charge is -2.17. The molecule has 0 aromatic heterocycles. The molecule has 0 spiro atoms. The highest BCUT2D eigenvalue weighted by Gasteiger charge is 2.10. The maximum atomic E-state index is 11.5. The fraction of sp³-hybridized carbons (Fsp3) is 0.235. The molecule has 0 fully saturated rings. The second-order valence-corrected chi connectivity index (χ2v) is 7.95. The average molecular weight is 348 g/mol. The predicted octanol–water partition coefficient (Wildman–Crippen LogP) is 3.45. The van der Waals surface area contributed by atoms with Crippen LogP contribution in [0.15, 0.2) is 53.4 Å². The molecule has 2 rings (SSSR count). The minimum Gasteiger partial charge on any atom is -0.356 e. The van der Waals surface area contributed by atoms with Crippen LogP contribution in [0, 0.1) is 6.92 Å². The number of sulfone groups is 1. The van der Waals surface area contributed by atoms with Gasteiger partial charge in [0.1, 0.15) is 0 Å². The van der Waals surface area contributed by atoms with Gasteiger partial charge < -0.3 is 10.6 Å². The minimum absolute atomic E-state index is 0.0333. The van der Waals surface area contributed by atoms with E-state index in [0.29, 0.717) is 10.0 Å². The summed E-state index contributed by atoms with van der Waals surface area (Å²) in [5, 5.41) is 6.84. The highest BCUT2D eigenvalue weighted by molar-refractivity contribution is 7.90. The van der Waals surface area contributed by atoms with Crippen LogP contribution in [0.1, 0.15) is 24.1 Å². The summed E-state index contributed by atoms with van der Waals surface area (Å²) in [6.07, 6.45) is 1.20. The van der Waals surface area contributed by atoms with E-state index in [9.17, 15) is 8.42 Å². The molecule has 0 radical (unpaired) electrons. The third-order valence-electron chi connectivity index (χ3n) is 3.47. The van der Waals surface area contributed by atoms with Gasteiger partial charge in [-0.2, -0.15) is 0 Å². The lowest BCUT2D eigenvalue weighted by Crippen LogP contribution is -2.30. The molecule has 122 valence electrons. The molecule has 2 aromatic rings. The highest BCUT2D eigenvalue weighted by Crippen LogP contribution is 2.16. The van der Waals surface area contributed by atoms with Gasteiger partial charge in [-0.1, -0.05) is 29.8 Å². The van der Waals surface area contributed by atoms with E-state index in [0.717, 1.165) is 11.3 Å². The summed E-state index contributed by atoms with van der Waals surface area (Å²) in [6, 6.07) is 14.7. The first-order chi connectivity index (χ1) is 10.8. The van der Waals surface area contributed by atoms with Crippen LogP contribution in [-0.2, 0) is 9.84 Å². The molecule has 0 saturated heterocycles. The normalized spacial score (nSPS) is 12.5. The molecule has 0 aliphatic carbocycles. The van der Waals surface area contributed by atoms with E-state index in [-0.39, 0.29) is 6.04 Å². The van der Waals surface area contributed by atoms with Crippen LogP contribution in [0.3, 0.4) is 0 Å². The van der Waals surface area contributed by atoms with Gasteiger partial charge in [-0.05, 0) is 55.9 Å². The van der Waals surface area contributed by atoms with Gasteiger partial charge in [0.25, 0.3) is 0 Å². The number of anilines is 1. The summed E-state index contributed by atoms with van der Waals surface area (Å²) in [5.74, 6) is 0. The minimum atomic E-state index is -3.17. The van der Waals surface area contributed by atoms with Gasteiger partial charge in [0.2, 0.25) is 0 Å². The first-order valence-corrected chi connectivity index (χ1v) is 9.50. The lowest BCUT2D eigenvalue weighted by atomic mass is 10.1. The zero-order valence-electron chi connectivity index (χ0n) is 13.3. The van der Waals surface area contributed by atoms with Gasteiger partial charge in [-0.3, -0.25) is 0 Å². The Kier molecular flexibility index (Phi) is 5.38. The van der Waals surface area contributed by atoms with Crippen molar-refractivity contribution < 1.29 is 8.42 Å². The highest BCUT2D eigenvalue weighted by atomic mass is 32.2.